The molecule has 2 N–H and O–H groups in total. The summed E-state index contributed by atoms with van der Waals surface area (Å²) in [4.78, 5) is 17.0. The van der Waals surface area contributed by atoms with Gasteiger partial charge in [-0.2, -0.15) is 0 Å². The van der Waals surface area contributed by atoms with Gasteiger partial charge in [-0.1, -0.05) is 59.5 Å². The van der Waals surface area contributed by atoms with Crippen LogP contribution in [0.25, 0.3) is 0 Å². The largest absolute Gasteiger partial charge is 0.330 e. The first kappa shape index (κ1) is 18.3. The number of nitrogens with one attached hydrogen (secondary N) is 2. The number of anilines is 2. The second-order valence-electron chi connectivity index (χ2n) is 5.10. The van der Waals surface area contributed by atoms with Gasteiger partial charge in [-0.3, -0.25) is 9.63 Å². The standard InChI is InChI=1S/C17H15FN4O2S2/c18-13-7-4-8-14(9-13)19-16-20-21-17(26-16)25-11-15(23)22-24-10-12-5-2-1-3-6-12/h1-9H,10-11H2,(H,19,20)(H,22,23). The lowest BCUT2D eigenvalue weighted by Crippen LogP contribution is -2.25. The van der Waals surface area contributed by atoms with Gasteiger partial charge in [-0.25, -0.2) is 9.87 Å². The summed E-state index contributed by atoms with van der Waals surface area (Å²) in [6, 6.07) is 15.6. The van der Waals surface area contributed by atoms with Gasteiger partial charge >= 0.3 is 0 Å². The van der Waals surface area contributed by atoms with E-state index in [4.69, 9.17) is 4.84 Å². The lowest BCUT2D eigenvalue weighted by atomic mass is 10.2. The Hall–Kier alpha value is -2.49. The normalized spacial score (nSPS) is 10.5. The van der Waals surface area contributed by atoms with Gasteiger partial charge in [0, 0.05) is 5.69 Å². The molecule has 0 radical (unpaired) electrons. The molecule has 1 aromatic heterocycles. The average molecular weight is 390 g/mol. The van der Waals surface area contributed by atoms with Crippen LogP contribution >= 0.6 is 23.1 Å². The Morgan fingerprint density at radius 1 is 1.15 bits per heavy atom. The number of carbonyl (C=O) groups excluding carboxylic acids is 1. The quantitative estimate of drug-likeness (QED) is 0.451. The Morgan fingerprint density at radius 3 is 2.81 bits per heavy atom. The number of hydrogen-bond donors (Lipinski definition) is 2. The van der Waals surface area contributed by atoms with Crippen LogP contribution < -0.4 is 10.8 Å². The van der Waals surface area contributed by atoms with Crippen molar-refractivity contribution >= 4 is 39.8 Å². The third kappa shape index (κ3) is 5.80. The van der Waals surface area contributed by atoms with Crippen LogP contribution in [-0.4, -0.2) is 21.9 Å². The number of nitrogens with zero attached hydrogens (tertiary/aromatic N) is 2. The summed E-state index contributed by atoms with van der Waals surface area (Å²) in [7, 11) is 0. The predicted octanol–water partition coefficient (Wildman–Crippen LogP) is 3.76. The molecule has 134 valence electrons. The minimum Gasteiger partial charge on any atom is -0.330 e. The molecule has 0 unspecified atom stereocenters. The van der Waals surface area contributed by atoms with E-state index in [9.17, 15) is 9.18 Å². The van der Waals surface area contributed by atoms with Crippen LogP contribution in [0.15, 0.2) is 58.9 Å². The van der Waals surface area contributed by atoms with Gasteiger partial charge in [0.25, 0.3) is 5.91 Å². The van der Waals surface area contributed by atoms with E-state index in [0.29, 0.717) is 21.8 Å². The van der Waals surface area contributed by atoms with E-state index in [-0.39, 0.29) is 17.5 Å². The van der Waals surface area contributed by atoms with E-state index in [2.05, 4.69) is 21.0 Å². The van der Waals surface area contributed by atoms with Crippen molar-refractivity contribution in [1.82, 2.24) is 15.7 Å². The summed E-state index contributed by atoms with van der Waals surface area (Å²) in [5.74, 6) is -0.439. The van der Waals surface area contributed by atoms with E-state index >= 15 is 0 Å². The topological polar surface area (TPSA) is 76.1 Å². The van der Waals surface area contributed by atoms with E-state index in [1.165, 1.54) is 35.2 Å². The number of halogens is 1. The SMILES string of the molecule is O=C(CSc1nnc(Nc2cccc(F)c2)s1)NOCc1ccccc1. The van der Waals surface area contributed by atoms with Gasteiger partial charge in [0.15, 0.2) is 4.34 Å². The van der Waals surface area contributed by atoms with Crippen LogP contribution in [0.4, 0.5) is 15.2 Å². The predicted molar refractivity (Wildman–Crippen MR) is 99.7 cm³/mol. The van der Waals surface area contributed by atoms with Crippen molar-refractivity contribution in [2.75, 3.05) is 11.1 Å². The summed E-state index contributed by atoms with van der Waals surface area (Å²) in [5.41, 5.74) is 3.95. The molecule has 9 heteroatoms. The highest BCUT2D eigenvalue weighted by Gasteiger charge is 2.09. The highest BCUT2D eigenvalue weighted by molar-refractivity contribution is 8.01. The molecule has 0 bridgehead atoms. The van der Waals surface area contributed by atoms with Crippen molar-refractivity contribution in [2.24, 2.45) is 0 Å². The molecule has 1 heterocycles. The zero-order valence-corrected chi connectivity index (χ0v) is 15.1. The smallest absolute Gasteiger partial charge is 0.253 e. The van der Waals surface area contributed by atoms with Crippen LogP contribution in [0.3, 0.4) is 0 Å². The maximum atomic E-state index is 13.2. The molecule has 0 aliphatic heterocycles. The molecule has 0 aliphatic rings. The minimum absolute atomic E-state index is 0.156. The van der Waals surface area contributed by atoms with Gasteiger partial charge in [0.05, 0.1) is 12.4 Å². The third-order valence-corrected chi connectivity index (χ3v) is 5.05. The van der Waals surface area contributed by atoms with E-state index in [1.807, 2.05) is 30.3 Å². The lowest BCUT2D eigenvalue weighted by molar-refractivity contribution is -0.131. The molecule has 0 fully saturated rings. The van der Waals surface area contributed by atoms with E-state index in [1.54, 1.807) is 12.1 Å². The lowest BCUT2D eigenvalue weighted by Gasteiger charge is -2.04. The van der Waals surface area contributed by atoms with Gasteiger partial charge in [0.2, 0.25) is 5.13 Å². The van der Waals surface area contributed by atoms with Crippen LogP contribution in [0, 0.1) is 5.82 Å². The van der Waals surface area contributed by atoms with Crippen LogP contribution in [0.2, 0.25) is 0 Å². The zero-order chi connectivity index (χ0) is 18.2. The molecule has 2 aromatic carbocycles. The number of carbonyl (C=O) groups is 1. The van der Waals surface area contributed by atoms with Crippen molar-refractivity contribution < 1.29 is 14.0 Å². The first-order chi connectivity index (χ1) is 12.7. The second kappa shape index (κ2) is 9.27. The molecule has 0 spiro atoms. The number of hydroxylamine groups is 1. The van der Waals surface area contributed by atoms with Gasteiger partial charge in [0.1, 0.15) is 5.82 Å². The Kier molecular flexibility index (Phi) is 6.53. The molecule has 6 nitrogen and oxygen atoms in total. The van der Waals surface area contributed by atoms with Crippen molar-refractivity contribution in [3.05, 3.63) is 66.0 Å². The Labute approximate surface area is 157 Å². The van der Waals surface area contributed by atoms with Crippen LogP contribution in [0.1, 0.15) is 5.56 Å². The number of benzene rings is 2. The van der Waals surface area contributed by atoms with E-state index in [0.717, 1.165) is 5.56 Å². The van der Waals surface area contributed by atoms with Gasteiger partial charge in [-0.05, 0) is 23.8 Å². The summed E-state index contributed by atoms with van der Waals surface area (Å²) >= 11 is 2.53. The Bertz CT molecular complexity index is 861. The second-order valence-corrected chi connectivity index (χ2v) is 7.30. The molecule has 3 aromatic rings. The monoisotopic (exact) mass is 390 g/mol. The fourth-order valence-electron chi connectivity index (χ4n) is 1.94. The van der Waals surface area contributed by atoms with Gasteiger partial charge < -0.3 is 5.32 Å². The fraction of sp³-hybridized carbons (Fsp3) is 0.118. The van der Waals surface area contributed by atoms with Crippen LogP contribution in [0.5, 0.6) is 0 Å². The molecule has 1 amide bonds. The molecule has 3 rings (SSSR count). The van der Waals surface area contributed by atoms with Crippen molar-refractivity contribution in [2.45, 2.75) is 10.9 Å². The van der Waals surface area contributed by atoms with Crippen molar-refractivity contribution in [3.8, 4) is 0 Å². The summed E-state index contributed by atoms with van der Waals surface area (Å²) in [6.45, 7) is 0.303. The summed E-state index contributed by atoms with van der Waals surface area (Å²) in [5, 5.41) is 11.5. The maximum absolute atomic E-state index is 13.2. The molecule has 0 atom stereocenters. The van der Waals surface area contributed by atoms with Crippen LogP contribution in [-0.2, 0) is 16.2 Å². The third-order valence-electron chi connectivity index (χ3n) is 3.08. The average Bonchev–Trinajstić information content (AvgIpc) is 3.08. The van der Waals surface area contributed by atoms with Crippen molar-refractivity contribution in [1.29, 1.82) is 0 Å². The highest BCUT2D eigenvalue weighted by atomic mass is 32.2. The summed E-state index contributed by atoms with van der Waals surface area (Å²) < 4.78 is 13.8. The first-order valence-electron chi connectivity index (χ1n) is 7.62. The zero-order valence-electron chi connectivity index (χ0n) is 13.5. The molecule has 0 saturated carbocycles. The molecule has 26 heavy (non-hydrogen) atoms. The maximum Gasteiger partial charge on any atom is 0.253 e. The number of rotatable bonds is 8. The number of thioether (sulfide) groups is 1. The Balaban J connectivity index is 1.40. The molecular weight excluding hydrogens is 375 g/mol. The highest BCUT2D eigenvalue weighted by Crippen LogP contribution is 2.27. The van der Waals surface area contributed by atoms with E-state index < -0.39 is 0 Å². The molecular formula is C17H15FN4O2S2. The minimum atomic E-state index is -0.332. The number of hydrogen-bond acceptors (Lipinski definition) is 7. The molecule has 0 aliphatic carbocycles. The first-order valence-corrected chi connectivity index (χ1v) is 9.43. The summed E-state index contributed by atoms with van der Waals surface area (Å²) in [6.07, 6.45) is 0. The number of amides is 1. The number of aromatic nitrogens is 2. The fourth-order valence-corrected chi connectivity index (χ4v) is 3.50. The van der Waals surface area contributed by atoms with Gasteiger partial charge in [-0.15, -0.1) is 10.2 Å². The molecule has 0 saturated heterocycles. The van der Waals surface area contributed by atoms with Crippen molar-refractivity contribution in [3.63, 3.8) is 0 Å². The Morgan fingerprint density at radius 2 is 2.00 bits per heavy atom.